The molecule has 0 aliphatic heterocycles. The van der Waals surface area contributed by atoms with E-state index in [4.69, 9.17) is 16.0 Å². The van der Waals surface area contributed by atoms with Gasteiger partial charge in [0.05, 0.1) is 0 Å². The molecule has 0 N–H and O–H groups in total. The summed E-state index contributed by atoms with van der Waals surface area (Å²) in [7, 11) is 2.15. The van der Waals surface area contributed by atoms with Gasteiger partial charge < -0.3 is 4.42 Å². The SMILES string of the molecule is Cc1cc2oc(=O)cc(CN(C)C3CCCCC3)c2cc1Cl. The van der Waals surface area contributed by atoms with Gasteiger partial charge in [0.15, 0.2) is 0 Å². The van der Waals surface area contributed by atoms with Crippen LogP contribution < -0.4 is 5.63 Å². The first kappa shape index (κ1) is 15.6. The van der Waals surface area contributed by atoms with Crippen LogP contribution in [-0.2, 0) is 6.54 Å². The molecule has 1 aliphatic rings. The molecule has 1 heterocycles. The summed E-state index contributed by atoms with van der Waals surface area (Å²) in [6.45, 7) is 2.68. The summed E-state index contributed by atoms with van der Waals surface area (Å²) in [4.78, 5) is 14.2. The number of hydrogen-bond donors (Lipinski definition) is 0. The van der Waals surface area contributed by atoms with Crippen molar-refractivity contribution in [3.63, 3.8) is 0 Å². The topological polar surface area (TPSA) is 33.5 Å². The third-order valence-electron chi connectivity index (χ3n) is 4.73. The van der Waals surface area contributed by atoms with E-state index in [1.165, 1.54) is 32.1 Å². The van der Waals surface area contributed by atoms with E-state index in [9.17, 15) is 4.79 Å². The lowest BCUT2D eigenvalue weighted by molar-refractivity contribution is 0.185. The number of halogens is 1. The molecule has 22 heavy (non-hydrogen) atoms. The minimum atomic E-state index is -0.290. The van der Waals surface area contributed by atoms with E-state index < -0.39 is 0 Å². The zero-order valence-electron chi connectivity index (χ0n) is 13.2. The largest absolute Gasteiger partial charge is 0.423 e. The van der Waals surface area contributed by atoms with E-state index in [2.05, 4.69) is 11.9 Å². The summed E-state index contributed by atoms with van der Waals surface area (Å²) in [5, 5.41) is 1.65. The number of fused-ring (bicyclic) bond motifs is 1. The van der Waals surface area contributed by atoms with Crippen molar-refractivity contribution in [1.82, 2.24) is 4.90 Å². The lowest BCUT2D eigenvalue weighted by Gasteiger charge is -2.31. The van der Waals surface area contributed by atoms with Crippen LogP contribution in [0.4, 0.5) is 0 Å². The quantitative estimate of drug-likeness (QED) is 0.780. The van der Waals surface area contributed by atoms with Crippen molar-refractivity contribution in [1.29, 1.82) is 0 Å². The van der Waals surface area contributed by atoms with Crippen LogP contribution in [0, 0.1) is 6.92 Å². The molecule has 4 heteroatoms. The molecule has 118 valence electrons. The fourth-order valence-electron chi connectivity index (χ4n) is 3.40. The van der Waals surface area contributed by atoms with Crippen LogP contribution in [0.2, 0.25) is 5.02 Å². The zero-order chi connectivity index (χ0) is 15.7. The first-order chi connectivity index (χ1) is 10.5. The predicted molar refractivity (Wildman–Crippen MR) is 90.6 cm³/mol. The maximum Gasteiger partial charge on any atom is 0.336 e. The standard InChI is InChI=1S/C18H22ClNO2/c1-12-8-17-15(10-16(12)19)13(9-18(21)22-17)11-20(2)14-6-4-3-5-7-14/h8-10,14H,3-7,11H2,1-2H3. The lowest BCUT2D eigenvalue weighted by Crippen LogP contribution is -2.33. The molecule has 1 fully saturated rings. The highest BCUT2D eigenvalue weighted by Crippen LogP contribution is 2.27. The van der Waals surface area contributed by atoms with E-state index in [1.807, 2.05) is 19.1 Å². The van der Waals surface area contributed by atoms with Gasteiger partial charge in [-0.05, 0) is 50.1 Å². The van der Waals surface area contributed by atoms with Crippen molar-refractivity contribution >= 4 is 22.6 Å². The van der Waals surface area contributed by atoms with Gasteiger partial charge in [0.2, 0.25) is 0 Å². The van der Waals surface area contributed by atoms with Crippen LogP contribution in [0.15, 0.2) is 27.4 Å². The average Bonchev–Trinajstić information content (AvgIpc) is 2.50. The Hall–Kier alpha value is -1.32. The molecule has 0 amide bonds. The van der Waals surface area contributed by atoms with Gasteiger partial charge in [0, 0.05) is 29.1 Å². The van der Waals surface area contributed by atoms with Crippen LogP contribution in [0.3, 0.4) is 0 Å². The Kier molecular flexibility index (Phi) is 4.55. The van der Waals surface area contributed by atoms with Gasteiger partial charge in [-0.3, -0.25) is 4.90 Å². The number of benzene rings is 1. The molecule has 0 radical (unpaired) electrons. The molecule has 0 bridgehead atoms. The van der Waals surface area contributed by atoms with Gasteiger partial charge in [-0.15, -0.1) is 0 Å². The lowest BCUT2D eigenvalue weighted by atomic mass is 9.94. The molecule has 1 aromatic carbocycles. The van der Waals surface area contributed by atoms with Gasteiger partial charge >= 0.3 is 5.63 Å². The first-order valence-corrected chi connectivity index (χ1v) is 8.35. The Morgan fingerprint density at radius 1 is 1.23 bits per heavy atom. The van der Waals surface area contributed by atoms with E-state index in [0.717, 1.165) is 23.1 Å². The molecular weight excluding hydrogens is 298 g/mol. The summed E-state index contributed by atoms with van der Waals surface area (Å²) in [5.74, 6) is 0. The summed E-state index contributed by atoms with van der Waals surface area (Å²) in [5.41, 5.74) is 2.26. The number of aryl methyl sites for hydroxylation is 1. The van der Waals surface area contributed by atoms with Crippen LogP contribution >= 0.6 is 11.6 Å². The van der Waals surface area contributed by atoms with E-state index in [0.29, 0.717) is 16.6 Å². The summed E-state index contributed by atoms with van der Waals surface area (Å²) in [6, 6.07) is 5.98. The summed E-state index contributed by atoms with van der Waals surface area (Å²) >= 11 is 6.25. The minimum absolute atomic E-state index is 0.290. The zero-order valence-corrected chi connectivity index (χ0v) is 13.9. The second-order valence-electron chi connectivity index (χ2n) is 6.40. The van der Waals surface area contributed by atoms with Gasteiger partial charge in [-0.25, -0.2) is 4.79 Å². The number of nitrogens with zero attached hydrogens (tertiary/aromatic N) is 1. The number of rotatable bonds is 3. The molecule has 1 aliphatic carbocycles. The molecule has 2 aromatic rings. The highest BCUT2D eigenvalue weighted by Gasteiger charge is 2.19. The maximum atomic E-state index is 11.8. The molecular formula is C18H22ClNO2. The highest BCUT2D eigenvalue weighted by atomic mass is 35.5. The van der Waals surface area contributed by atoms with Crippen LogP contribution in [-0.4, -0.2) is 18.0 Å². The monoisotopic (exact) mass is 319 g/mol. The molecule has 1 saturated carbocycles. The van der Waals surface area contributed by atoms with Crippen molar-refractivity contribution in [3.8, 4) is 0 Å². The van der Waals surface area contributed by atoms with Gasteiger partial charge in [-0.2, -0.15) is 0 Å². The molecule has 0 unspecified atom stereocenters. The van der Waals surface area contributed by atoms with E-state index in [-0.39, 0.29) is 5.63 Å². The smallest absolute Gasteiger partial charge is 0.336 e. The van der Waals surface area contributed by atoms with Crippen molar-refractivity contribution in [2.45, 2.75) is 51.6 Å². The first-order valence-electron chi connectivity index (χ1n) is 7.98. The van der Waals surface area contributed by atoms with E-state index >= 15 is 0 Å². The Balaban J connectivity index is 1.95. The Labute approximate surface area is 135 Å². The third-order valence-corrected chi connectivity index (χ3v) is 5.13. The summed E-state index contributed by atoms with van der Waals surface area (Å²) < 4.78 is 5.33. The van der Waals surface area contributed by atoms with Crippen molar-refractivity contribution < 1.29 is 4.42 Å². The predicted octanol–water partition coefficient (Wildman–Crippen LogP) is 4.52. The van der Waals surface area contributed by atoms with Crippen molar-refractivity contribution in [3.05, 3.63) is 44.8 Å². The van der Waals surface area contributed by atoms with Crippen molar-refractivity contribution in [2.75, 3.05) is 7.05 Å². The average molecular weight is 320 g/mol. The second kappa shape index (κ2) is 6.43. The van der Waals surface area contributed by atoms with Crippen LogP contribution in [0.5, 0.6) is 0 Å². The van der Waals surface area contributed by atoms with Gasteiger partial charge in [0.25, 0.3) is 0 Å². The number of hydrogen-bond acceptors (Lipinski definition) is 3. The second-order valence-corrected chi connectivity index (χ2v) is 6.80. The minimum Gasteiger partial charge on any atom is -0.423 e. The fourth-order valence-corrected chi connectivity index (χ4v) is 3.56. The summed E-state index contributed by atoms with van der Waals surface area (Å²) in [6.07, 6.45) is 6.44. The Bertz CT molecular complexity index is 732. The maximum absolute atomic E-state index is 11.8. The molecule has 0 spiro atoms. The highest BCUT2D eigenvalue weighted by molar-refractivity contribution is 6.32. The Morgan fingerprint density at radius 3 is 2.68 bits per heavy atom. The van der Waals surface area contributed by atoms with Crippen LogP contribution in [0.1, 0.15) is 43.2 Å². The molecule has 0 atom stereocenters. The van der Waals surface area contributed by atoms with Gasteiger partial charge in [-0.1, -0.05) is 30.9 Å². The molecule has 1 aromatic heterocycles. The normalized spacial score (nSPS) is 16.5. The van der Waals surface area contributed by atoms with Crippen LogP contribution in [0.25, 0.3) is 11.0 Å². The third kappa shape index (κ3) is 3.21. The Morgan fingerprint density at radius 2 is 1.95 bits per heavy atom. The van der Waals surface area contributed by atoms with Gasteiger partial charge in [0.1, 0.15) is 5.58 Å². The molecule has 3 nitrogen and oxygen atoms in total. The molecule has 0 saturated heterocycles. The van der Waals surface area contributed by atoms with E-state index in [1.54, 1.807) is 6.07 Å². The fraction of sp³-hybridized carbons (Fsp3) is 0.500. The molecule has 3 rings (SSSR count). The van der Waals surface area contributed by atoms with Crippen molar-refractivity contribution in [2.24, 2.45) is 0 Å².